The van der Waals surface area contributed by atoms with Crippen molar-refractivity contribution in [1.82, 2.24) is 4.98 Å². The van der Waals surface area contributed by atoms with E-state index < -0.39 is 0 Å². The van der Waals surface area contributed by atoms with Crippen molar-refractivity contribution in [2.45, 2.75) is 18.8 Å². The predicted molar refractivity (Wildman–Crippen MR) is 53.9 cm³/mol. The molecule has 0 unspecified atom stereocenters. The number of hydrogen-bond acceptors (Lipinski definition) is 2. The molecule has 0 N–H and O–H groups in total. The first kappa shape index (κ1) is 7.80. The van der Waals surface area contributed by atoms with Crippen molar-refractivity contribution < 1.29 is 4.42 Å². The molecule has 2 aromatic rings. The monoisotopic (exact) mass is 185 g/mol. The molecule has 2 nitrogen and oxygen atoms in total. The molecule has 0 radical (unpaired) electrons. The molecule has 1 fully saturated rings. The van der Waals surface area contributed by atoms with Gasteiger partial charge in [-0.2, -0.15) is 0 Å². The maximum absolute atomic E-state index is 5.43. The molecular formula is C12H11NO. The van der Waals surface area contributed by atoms with E-state index in [9.17, 15) is 0 Å². The molecule has 1 aliphatic carbocycles. The number of hydrogen-bond donors (Lipinski definition) is 0. The summed E-state index contributed by atoms with van der Waals surface area (Å²) in [5.41, 5.74) is 2.08. The average molecular weight is 185 g/mol. The van der Waals surface area contributed by atoms with Crippen molar-refractivity contribution in [3.05, 3.63) is 42.5 Å². The molecule has 0 aliphatic heterocycles. The minimum absolute atomic E-state index is 0.590. The first-order valence-electron chi connectivity index (χ1n) is 4.94. The molecular weight excluding hydrogens is 174 g/mol. The summed E-state index contributed by atoms with van der Waals surface area (Å²) >= 11 is 0. The maximum atomic E-state index is 5.43. The third-order valence-corrected chi connectivity index (χ3v) is 2.52. The summed E-state index contributed by atoms with van der Waals surface area (Å²) in [5, 5.41) is 0. The molecule has 70 valence electrons. The van der Waals surface area contributed by atoms with Crippen LogP contribution in [0, 0.1) is 0 Å². The van der Waals surface area contributed by atoms with Crippen LogP contribution >= 0.6 is 0 Å². The van der Waals surface area contributed by atoms with Gasteiger partial charge in [0, 0.05) is 11.5 Å². The highest BCUT2D eigenvalue weighted by Gasteiger charge is 2.28. The fraction of sp³-hybridized carbons (Fsp3) is 0.250. The van der Waals surface area contributed by atoms with Crippen molar-refractivity contribution in [2.75, 3.05) is 0 Å². The molecule has 2 heteroatoms. The van der Waals surface area contributed by atoms with Crippen LogP contribution in [-0.4, -0.2) is 4.98 Å². The summed E-state index contributed by atoms with van der Waals surface area (Å²) in [6.07, 6.45) is 4.21. The quantitative estimate of drug-likeness (QED) is 0.718. The van der Waals surface area contributed by atoms with Crippen LogP contribution in [0.4, 0.5) is 0 Å². The zero-order valence-corrected chi connectivity index (χ0v) is 7.81. The van der Waals surface area contributed by atoms with Crippen LogP contribution in [0.25, 0.3) is 11.3 Å². The van der Waals surface area contributed by atoms with Gasteiger partial charge in [-0.05, 0) is 12.8 Å². The molecule has 1 aliphatic rings. The van der Waals surface area contributed by atoms with Gasteiger partial charge in [-0.15, -0.1) is 0 Å². The molecule has 3 rings (SSSR count). The van der Waals surface area contributed by atoms with Crippen LogP contribution in [0.15, 0.2) is 41.0 Å². The highest BCUT2D eigenvalue weighted by Crippen LogP contribution is 2.40. The lowest BCUT2D eigenvalue weighted by molar-refractivity contribution is 0.497. The molecule has 1 saturated carbocycles. The number of nitrogens with zero attached hydrogens (tertiary/aromatic N) is 1. The topological polar surface area (TPSA) is 26.0 Å². The van der Waals surface area contributed by atoms with Crippen LogP contribution < -0.4 is 0 Å². The lowest BCUT2D eigenvalue weighted by Crippen LogP contribution is -1.79. The van der Waals surface area contributed by atoms with Gasteiger partial charge in [-0.25, -0.2) is 4.98 Å². The van der Waals surface area contributed by atoms with Gasteiger partial charge in [0.1, 0.15) is 12.0 Å². The predicted octanol–water partition coefficient (Wildman–Crippen LogP) is 3.22. The third kappa shape index (κ3) is 1.33. The second-order valence-electron chi connectivity index (χ2n) is 3.71. The van der Waals surface area contributed by atoms with Crippen molar-refractivity contribution >= 4 is 0 Å². The van der Waals surface area contributed by atoms with Crippen LogP contribution in [0.1, 0.15) is 24.7 Å². The Bertz CT molecular complexity index is 429. The van der Waals surface area contributed by atoms with E-state index in [0.29, 0.717) is 5.92 Å². The molecule has 14 heavy (non-hydrogen) atoms. The third-order valence-electron chi connectivity index (χ3n) is 2.52. The Hall–Kier alpha value is -1.57. The second kappa shape index (κ2) is 2.98. The molecule has 0 saturated heterocycles. The fourth-order valence-electron chi connectivity index (χ4n) is 1.55. The van der Waals surface area contributed by atoms with Gasteiger partial charge in [-0.1, -0.05) is 30.3 Å². The Kier molecular flexibility index (Phi) is 1.66. The van der Waals surface area contributed by atoms with Crippen molar-refractivity contribution in [2.24, 2.45) is 0 Å². The Labute approximate surface area is 82.6 Å². The lowest BCUT2D eigenvalue weighted by atomic mass is 10.2. The van der Waals surface area contributed by atoms with E-state index in [0.717, 1.165) is 17.1 Å². The molecule has 1 heterocycles. The van der Waals surface area contributed by atoms with E-state index in [1.54, 1.807) is 6.26 Å². The normalized spacial score (nSPS) is 15.7. The Morgan fingerprint density at radius 2 is 1.93 bits per heavy atom. The van der Waals surface area contributed by atoms with Crippen LogP contribution in [0.5, 0.6) is 0 Å². The number of aromatic nitrogens is 1. The summed E-state index contributed by atoms with van der Waals surface area (Å²) in [5.74, 6) is 1.50. The van der Waals surface area contributed by atoms with Crippen LogP contribution in [0.2, 0.25) is 0 Å². The average Bonchev–Trinajstić information content (AvgIpc) is 2.98. The van der Waals surface area contributed by atoms with Crippen LogP contribution in [-0.2, 0) is 0 Å². The van der Waals surface area contributed by atoms with Gasteiger partial charge in [0.05, 0.1) is 0 Å². The van der Waals surface area contributed by atoms with Crippen LogP contribution in [0.3, 0.4) is 0 Å². The van der Waals surface area contributed by atoms with Gasteiger partial charge >= 0.3 is 0 Å². The van der Waals surface area contributed by atoms with E-state index in [1.807, 2.05) is 18.2 Å². The molecule has 0 spiro atoms. The van der Waals surface area contributed by atoms with E-state index in [1.165, 1.54) is 12.8 Å². The Morgan fingerprint density at radius 3 is 2.64 bits per heavy atom. The second-order valence-corrected chi connectivity index (χ2v) is 3.71. The van der Waals surface area contributed by atoms with Crippen molar-refractivity contribution in [3.63, 3.8) is 0 Å². The lowest BCUT2D eigenvalue weighted by Gasteiger charge is -1.92. The molecule has 0 bridgehead atoms. The first-order valence-corrected chi connectivity index (χ1v) is 4.94. The maximum Gasteiger partial charge on any atom is 0.197 e. The number of oxazole rings is 1. The van der Waals surface area contributed by atoms with Gasteiger partial charge in [-0.3, -0.25) is 0 Å². The smallest absolute Gasteiger partial charge is 0.197 e. The standard InChI is InChI=1S/C12H11NO/c1-2-4-9(5-3-1)11-8-14-12(13-11)10-6-7-10/h1-5,8,10H,6-7H2. The summed E-state index contributed by atoms with van der Waals surface area (Å²) in [7, 11) is 0. The largest absolute Gasteiger partial charge is 0.448 e. The number of benzene rings is 1. The fourth-order valence-corrected chi connectivity index (χ4v) is 1.55. The molecule has 1 aromatic heterocycles. The Balaban J connectivity index is 1.96. The van der Waals surface area contributed by atoms with Gasteiger partial charge < -0.3 is 4.42 Å². The van der Waals surface area contributed by atoms with E-state index >= 15 is 0 Å². The van der Waals surface area contributed by atoms with E-state index in [-0.39, 0.29) is 0 Å². The van der Waals surface area contributed by atoms with E-state index in [2.05, 4.69) is 17.1 Å². The highest BCUT2D eigenvalue weighted by atomic mass is 16.3. The highest BCUT2D eigenvalue weighted by molar-refractivity contribution is 5.57. The van der Waals surface area contributed by atoms with E-state index in [4.69, 9.17) is 4.42 Å². The van der Waals surface area contributed by atoms with Gasteiger partial charge in [0.15, 0.2) is 5.89 Å². The van der Waals surface area contributed by atoms with Crippen molar-refractivity contribution in [3.8, 4) is 11.3 Å². The zero-order valence-electron chi connectivity index (χ0n) is 7.81. The molecule has 0 amide bonds. The van der Waals surface area contributed by atoms with Gasteiger partial charge in [0.25, 0.3) is 0 Å². The van der Waals surface area contributed by atoms with Gasteiger partial charge in [0.2, 0.25) is 0 Å². The number of rotatable bonds is 2. The summed E-state index contributed by atoms with van der Waals surface area (Å²) < 4.78 is 5.43. The zero-order chi connectivity index (χ0) is 9.38. The molecule has 1 aromatic carbocycles. The first-order chi connectivity index (χ1) is 6.93. The molecule has 0 atom stereocenters. The summed E-state index contributed by atoms with van der Waals surface area (Å²) in [6, 6.07) is 10.1. The minimum Gasteiger partial charge on any atom is -0.448 e. The Morgan fingerprint density at radius 1 is 1.14 bits per heavy atom. The minimum atomic E-state index is 0.590. The SMILES string of the molecule is c1ccc(-c2coc(C3CC3)n2)cc1. The summed E-state index contributed by atoms with van der Waals surface area (Å²) in [6.45, 7) is 0. The van der Waals surface area contributed by atoms with Crippen molar-refractivity contribution in [1.29, 1.82) is 0 Å². The summed E-state index contributed by atoms with van der Waals surface area (Å²) in [4.78, 5) is 4.48.